The summed E-state index contributed by atoms with van der Waals surface area (Å²) in [5.41, 5.74) is 6.82. The summed E-state index contributed by atoms with van der Waals surface area (Å²) in [6.07, 6.45) is 0.878. The zero-order valence-corrected chi connectivity index (χ0v) is 8.10. The molecule has 0 spiro atoms. The molecular weight excluding hydrogens is 174 g/mol. The Morgan fingerprint density at radius 1 is 1.67 bits per heavy atom. The number of nitrogens with zero attached hydrogens (tertiary/aromatic N) is 2. The monoisotopic (exact) mass is 187 g/mol. The Labute approximate surface area is 75.9 Å². The molecule has 0 fully saturated rings. The van der Waals surface area contributed by atoms with Crippen molar-refractivity contribution in [2.24, 2.45) is 5.73 Å². The molecule has 1 rings (SSSR count). The standard InChI is InChI=1S/C7H13N3OS/c1-3-6-7(12-10-9-6)5(8)4-11-2/h5H,3-4,8H2,1-2H3. The molecule has 4 nitrogen and oxygen atoms in total. The Kier molecular flexibility index (Phi) is 3.58. The number of hydrogen-bond donors (Lipinski definition) is 1. The third kappa shape index (κ3) is 2.00. The number of nitrogens with two attached hydrogens (primary N) is 1. The van der Waals surface area contributed by atoms with Crippen LogP contribution in [0, 0.1) is 0 Å². The van der Waals surface area contributed by atoms with E-state index in [0.717, 1.165) is 17.0 Å². The van der Waals surface area contributed by atoms with Gasteiger partial charge in [0.2, 0.25) is 0 Å². The summed E-state index contributed by atoms with van der Waals surface area (Å²) >= 11 is 1.36. The lowest BCUT2D eigenvalue weighted by Gasteiger charge is -2.07. The van der Waals surface area contributed by atoms with Gasteiger partial charge in [0.25, 0.3) is 0 Å². The van der Waals surface area contributed by atoms with Gasteiger partial charge in [0.1, 0.15) is 0 Å². The Balaban J connectivity index is 2.71. The molecule has 68 valence electrons. The maximum atomic E-state index is 5.83. The smallest absolute Gasteiger partial charge is 0.0801 e. The number of hydrogen-bond acceptors (Lipinski definition) is 5. The van der Waals surface area contributed by atoms with E-state index in [1.807, 2.05) is 6.92 Å². The minimum absolute atomic E-state index is 0.0788. The summed E-state index contributed by atoms with van der Waals surface area (Å²) < 4.78 is 8.81. The predicted octanol–water partition coefficient (Wildman–Crippen LogP) is 0.747. The van der Waals surface area contributed by atoms with Crippen LogP contribution in [0.15, 0.2) is 0 Å². The van der Waals surface area contributed by atoms with Crippen LogP contribution in [0.5, 0.6) is 0 Å². The fourth-order valence-corrected chi connectivity index (χ4v) is 1.72. The Hall–Kier alpha value is -0.520. The maximum absolute atomic E-state index is 5.83. The largest absolute Gasteiger partial charge is 0.383 e. The molecule has 2 N–H and O–H groups in total. The van der Waals surface area contributed by atoms with Crippen LogP contribution in [0.2, 0.25) is 0 Å². The quantitative estimate of drug-likeness (QED) is 0.755. The van der Waals surface area contributed by atoms with Crippen molar-refractivity contribution in [3.63, 3.8) is 0 Å². The van der Waals surface area contributed by atoms with E-state index in [-0.39, 0.29) is 6.04 Å². The third-order valence-electron chi connectivity index (χ3n) is 1.60. The molecule has 0 bridgehead atoms. The van der Waals surface area contributed by atoms with Gasteiger partial charge in [-0.05, 0) is 18.0 Å². The van der Waals surface area contributed by atoms with Crippen molar-refractivity contribution in [3.05, 3.63) is 10.6 Å². The van der Waals surface area contributed by atoms with Crippen LogP contribution in [-0.2, 0) is 11.2 Å². The van der Waals surface area contributed by atoms with Gasteiger partial charge < -0.3 is 10.5 Å². The van der Waals surface area contributed by atoms with Crippen LogP contribution in [-0.4, -0.2) is 23.3 Å². The van der Waals surface area contributed by atoms with Crippen LogP contribution in [0.1, 0.15) is 23.5 Å². The molecule has 0 amide bonds. The van der Waals surface area contributed by atoms with Crippen molar-refractivity contribution in [3.8, 4) is 0 Å². The van der Waals surface area contributed by atoms with Gasteiger partial charge in [0.15, 0.2) is 0 Å². The number of rotatable bonds is 4. The van der Waals surface area contributed by atoms with Crippen LogP contribution < -0.4 is 5.73 Å². The van der Waals surface area contributed by atoms with Gasteiger partial charge in [0, 0.05) is 7.11 Å². The SMILES string of the molecule is CCc1nnsc1C(N)COC. The summed E-state index contributed by atoms with van der Waals surface area (Å²) in [7, 11) is 1.64. The molecule has 1 aromatic heterocycles. The summed E-state index contributed by atoms with van der Waals surface area (Å²) in [5, 5.41) is 3.97. The summed E-state index contributed by atoms with van der Waals surface area (Å²) in [5.74, 6) is 0. The first-order chi connectivity index (χ1) is 5.79. The molecule has 0 aliphatic carbocycles. The molecule has 1 atom stereocenters. The fourth-order valence-electron chi connectivity index (χ4n) is 0.998. The molecule has 0 aliphatic rings. The van der Waals surface area contributed by atoms with E-state index < -0.39 is 0 Å². The molecule has 0 saturated heterocycles. The highest BCUT2D eigenvalue weighted by molar-refractivity contribution is 7.05. The highest BCUT2D eigenvalue weighted by Crippen LogP contribution is 2.18. The van der Waals surface area contributed by atoms with Crippen LogP contribution in [0.4, 0.5) is 0 Å². The topological polar surface area (TPSA) is 61.0 Å². The first-order valence-electron chi connectivity index (χ1n) is 3.85. The molecule has 0 aliphatic heterocycles. The highest BCUT2D eigenvalue weighted by atomic mass is 32.1. The molecule has 12 heavy (non-hydrogen) atoms. The first-order valence-corrected chi connectivity index (χ1v) is 4.62. The lowest BCUT2D eigenvalue weighted by Crippen LogP contribution is -2.16. The van der Waals surface area contributed by atoms with E-state index in [9.17, 15) is 0 Å². The lowest BCUT2D eigenvalue weighted by atomic mass is 10.2. The average molecular weight is 187 g/mol. The molecule has 0 radical (unpaired) electrons. The fraction of sp³-hybridized carbons (Fsp3) is 0.714. The van der Waals surface area contributed by atoms with E-state index in [2.05, 4.69) is 9.59 Å². The Morgan fingerprint density at radius 2 is 2.42 bits per heavy atom. The van der Waals surface area contributed by atoms with Gasteiger partial charge in [-0.1, -0.05) is 11.4 Å². The first kappa shape index (κ1) is 9.57. The van der Waals surface area contributed by atoms with Gasteiger partial charge in [-0.2, -0.15) is 0 Å². The van der Waals surface area contributed by atoms with Crippen molar-refractivity contribution >= 4 is 11.5 Å². The van der Waals surface area contributed by atoms with Crippen molar-refractivity contribution in [2.45, 2.75) is 19.4 Å². The number of ether oxygens (including phenoxy) is 1. The molecule has 0 saturated carbocycles. The van der Waals surface area contributed by atoms with E-state index in [0.29, 0.717) is 6.61 Å². The van der Waals surface area contributed by atoms with Crippen molar-refractivity contribution < 1.29 is 4.74 Å². The van der Waals surface area contributed by atoms with Gasteiger partial charge >= 0.3 is 0 Å². The molecule has 0 aromatic carbocycles. The second-order valence-electron chi connectivity index (χ2n) is 2.50. The Morgan fingerprint density at radius 3 is 3.00 bits per heavy atom. The summed E-state index contributed by atoms with van der Waals surface area (Å²) in [6, 6.07) is -0.0788. The van der Waals surface area contributed by atoms with Crippen LogP contribution >= 0.6 is 11.5 Å². The molecule has 5 heteroatoms. The zero-order valence-electron chi connectivity index (χ0n) is 7.28. The van der Waals surface area contributed by atoms with Crippen molar-refractivity contribution in [1.29, 1.82) is 0 Å². The summed E-state index contributed by atoms with van der Waals surface area (Å²) in [6.45, 7) is 2.57. The predicted molar refractivity (Wildman–Crippen MR) is 48.1 cm³/mol. The number of aromatic nitrogens is 2. The minimum Gasteiger partial charge on any atom is -0.383 e. The lowest BCUT2D eigenvalue weighted by molar-refractivity contribution is 0.181. The van der Waals surface area contributed by atoms with Crippen molar-refractivity contribution in [1.82, 2.24) is 9.59 Å². The number of aryl methyl sites for hydroxylation is 1. The summed E-state index contributed by atoms with van der Waals surface area (Å²) in [4.78, 5) is 1.04. The van der Waals surface area contributed by atoms with Gasteiger partial charge in [0.05, 0.1) is 23.2 Å². The van der Waals surface area contributed by atoms with Crippen LogP contribution in [0.3, 0.4) is 0 Å². The van der Waals surface area contributed by atoms with E-state index in [4.69, 9.17) is 10.5 Å². The van der Waals surface area contributed by atoms with E-state index >= 15 is 0 Å². The third-order valence-corrected chi connectivity index (χ3v) is 2.50. The second-order valence-corrected chi connectivity index (χ2v) is 3.28. The molecule has 1 heterocycles. The van der Waals surface area contributed by atoms with Crippen molar-refractivity contribution in [2.75, 3.05) is 13.7 Å². The van der Waals surface area contributed by atoms with Gasteiger partial charge in [-0.25, -0.2) is 0 Å². The number of methoxy groups -OCH3 is 1. The van der Waals surface area contributed by atoms with Gasteiger partial charge in [-0.3, -0.25) is 0 Å². The Bertz CT molecular complexity index is 238. The minimum atomic E-state index is -0.0788. The molecule has 1 unspecified atom stereocenters. The van der Waals surface area contributed by atoms with E-state index in [1.54, 1.807) is 7.11 Å². The maximum Gasteiger partial charge on any atom is 0.0801 e. The molecule has 1 aromatic rings. The second kappa shape index (κ2) is 4.49. The zero-order chi connectivity index (χ0) is 8.97. The highest BCUT2D eigenvalue weighted by Gasteiger charge is 2.13. The van der Waals surface area contributed by atoms with E-state index in [1.165, 1.54) is 11.5 Å². The van der Waals surface area contributed by atoms with Gasteiger partial charge in [-0.15, -0.1) is 5.10 Å². The molecular formula is C7H13N3OS. The average Bonchev–Trinajstić information content (AvgIpc) is 2.51. The van der Waals surface area contributed by atoms with Crippen LogP contribution in [0.25, 0.3) is 0 Å². The normalized spacial score (nSPS) is 13.2.